The second-order valence-electron chi connectivity index (χ2n) is 4.80. The van der Waals surface area contributed by atoms with Crippen molar-refractivity contribution in [3.05, 3.63) is 70.4 Å². The standard InChI is InChI=1S/C17H11ClN2O/c18-15-4-5-16-14(11-21)10-20(17(16)7-15)9-13-3-1-2-12(6-13)8-19/h1-7,10-11H,9H2. The average Bonchev–Trinajstić information content (AvgIpc) is 2.84. The highest BCUT2D eigenvalue weighted by Crippen LogP contribution is 2.24. The van der Waals surface area contributed by atoms with E-state index in [0.29, 0.717) is 22.7 Å². The number of aromatic nitrogens is 1. The van der Waals surface area contributed by atoms with Crippen LogP contribution in [0.4, 0.5) is 0 Å². The van der Waals surface area contributed by atoms with E-state index in [2.05, 4.69) is 6.07 Å². The molecule has 2 aromatic carbocycles. The zero-order chi connectivity index (χ0) is 14.8. The molecule has 0 bridgehead atoms. The first-order valence-corrected chi connectivity index (χ1v) is 6.81. The molecule has 0 aliphatic carbocycles. The Morgan fingerprint density at radius 2 is 2.10 bits per heavy atom. The van der Waals surface area contributed by atoms with E-state index in [1.807, 2.05) is 41.1 Å². The van der Waals surface area contributed by atoms with Crippen LogP contribution in [0, 0.1) is 11.3 Å². The Hall–Kier alpha value is -2.57. The molecule has 0 aliphatic heterocycles. The zero-order valence-corrected chi connectivity index (χ0v) is 11.8. The number of carbonyl (C=O) groups is 1. The summed E-state index contributed by atoms with van der Waals surface area (Å²) in [5, 5.41) is 10.5. The highest BCUT2D eigenvalue weighted by molar-refractivity contribution is 6.31. The van der Waals surface area contributed by atoms with Gasteiger partial charge in [0.25, 0.3) is 0 Å². The first-order chi connectivity index (χ1) is 10.2. The van der Waals surface area contributed by atoms with Crippen LogP contribution in [0.15, 0.2) is 48.7 Å². The number of hydrogen-bond acceptors (Lipinski definition) is 2. The first kappa shape index (κ1) is 13.4. The lowest BCUT2D eigenvalue weighted by Gasteiger charge is -2.06. The lowest BCUT2D eigenvalue weighted by Crippen LogP contribution is -1.98. The summed E-state index contributed by atoms with van der Waals surface area (Å²) >= 11 is 6.05. The second kappa shape index (κ2) is 5.43. The zero-order valence-electron chi connectivity index (χ0n) is 11.1. The van der Waals surface area contributed by atoms with E-state index >= 15 is 0 Å². The Morgan fingerprint density at radius 3 is 2.86 bits per heavy atom. The number of fused-ring (bicyclic) bond motifs is 1. The molecular weight excluding hydrogens is 284 g/mol. The van der Waals surface area contributed by atoms with E-state index in [0.717, 1.165) is 22.8 Å². The Bertz CT molecular complexity index is 874. The number of nitrogens with zero attached hydrogens (tertiary/aromatic N) is 2. The SMILES string of the molecule is N#Cc1cccc(Cn2cc(C=O)c3ccc(Cl)cc32)c1. The van der Waals surface area contributed by atoms with Crippen molar-refractivity contribution in [1.82, 2.24) is 4.57 Å². The molecule has 3 rings (SSSR count). The van der Waals surface area contributed by atoms with Crippen molar-refractivity contribution in [1.29, 1.82) is 5.26 Å². The molecule has 0 N–H and O–H groups in total. The van der Waals surface area contributed by atoms with Gasteiger partial charge in [-0.2, -0.15) is 5.26 Å². The smallest absolute Gasteiger partial charge is 0.152 e. The molecule has 1 aromatic heterocycles. The van der Waals surface area contributed by atoms with Gasteiger partial charge in [-0.25, -0.2) is 0 Å². The van der Waals surface area contributed by atoms with Gasteiger partial charge in [-0.3, -0.25) is 4.79 Å². The van der Waals surface area contributed by atoms with Crippen LogP contribution in [0.1, 0.15) is 21.5 Å². The molecule has 21 heavy (non-hydrogen) atoms. The number of aldehydes is 1. The van der Waals surface area contributed by atoms with Gasteiger partial charge in [0, 0.05) is 28.7 Å². The molecule has 0 spiro atoms. The Balaban J connectivity index is 2.09. The van der Waals surface area contributed by atoms with Crippen molar-refractivity contribution in [3.8, 4) is 6.07 Å². The number of carbonyl (C=O) groups excluding carboxylic acids is 1. The van der Waals surface area contributed by atoms with Gasteiger partial charge in [-0.15, -0.1) is 0 Å². The lowest BCUT2D eigenvalue weighted by molar-refractivity contribution is 0.112. The van der Waals surface area contributed by atoms with E-state index in [9.17, 15) is 4.79 Å². The van der Waals surface area contributed by atoms with E-state index in [1.54, 1.807) is 12.1 Å². The fraction of sp³-hybridized carbons (Fsp3) is 0.0588. The molecule has 3 aromatic rings. The number of benzene rings is 2. The average molecular weight is 295 g/mol. The quantitative estimate of drug-likeness (QED) is 0.685. The summed E-state index contributed by atoms with van der Waals surface area (Å²) in [6.45, 7) is 0.584. The Morgan fingerprint density at radius 1 is 1.24 bits per heavy atom. The lowest BCUT2D eigenvalue weighted by atomic mass is 10.1. The van der Waals surface area contributed by atoms with E-state index in [-0.39, 0.29) is 0 Å². The molecule has 0 atom stereocenters. The summed E-state index contributed by atoms with van der Waals surface area (Å²) in [5.41, 5.74) is 3.17. The minimum absolute atomic E-state index is 0.584. The molecule has 3 nitrogen and oxygen atoms in total. The molecule has 0 radical (unpaired) electrons. The fourth-order valence-corrected chi connectivity index (χ4v) is 2.62. The van der Waals surface area contributed by atoms with Crippen molar-refractivity contribution in [2.45, 2.75) is 6.54 Å². The third-order valence-electron chi connectivity index (χ3n) is 3.41. The van der Waals surface area contributed by atoms with E-state index < -0.39 is 0 Å². The Kier molecular flexibility index (Phi) is 3.47. The summed E-state index contributed by atoms with van der Waals surface area (Å²) < 4.78 is 1.97. The van der Waals surface area contributed by atoms with Crippen molar-refractivity contribution in [2.24, 2.45) is 0 Å². The van der Waals surface area contributed by atoms with Crippen LogP contribution < -0.4 is 0 Å². The molecule has 102 valence electrons. The maximum atomic E-state index is 11.2. The molecule has 0 saturated heterocycles. The van der Waals surface area contributed by atoms with Gasteiger partial charge in [0.1, 0.15) is 0 Å². The second-order valence-corrected chi connectivity index (χ2v) is 5.24. The highest BCUT2D eigenvalue weighted by atomic mass is 35.5. The van der Waals surface area contributed by atoms with Gasteiger partial charge in [0.2, 0.25) is 0 Å². The summed E-state index contributed by atoms with van der Waals surface area (Å²) in [4.78, 5) is 11.2. The Labute approximate surface area is 127 Å². The van der Waals surface area contributed by atoms with Gasteiger partial charge < -0.3 is 4.57 Å². The molecule has 0 fully saturated rings. The topological polar surface area (TPSA) is 45.8 Å². The minimum atomic E-state index is 0.584. The van der Waals surface area contributed by atoms with Gasteiger partial charge in [0.05, 0.1) is 17.1 Å². The van der Waals surface area contributed by atoms with Gasteiger partial charge in [-0.1, -0.05) is 29.8 Å². The summed E-state index contributed by atoms with van der Waals surface area (Å²) in [5.74, 6) is 0. The van der Waals surface area contributed by atoms with E-state index in [4.69, 9.17) is 16.9 Å². The summed E-state index contributed by atoms with van der Waals surface area (Å²) in [6, 6.07) is 15.0. The molecular formula is C17H11ClN2O. The van der Waals surface area contributed by atoms with Gasteiger partial charge in [0.15, 0.2) is 6.29 Å². The van der Waals surface area contributed by atoms with Crippen molar-refractivity contribution >= 4 is 28.8 Å². The highest BCUT2D eigenvalue weighted by Gasteiger charge is 2.09. The monoisotopic (exact) mass is 294 g/mol. The third kappa shape index (κ3) is 2.54. The first-order valence-electron chi connectivity index (χ1n) is 6.44. The summed E-state index contributed by atoms with van der Waals surface area (Å²) in [6.07, 6.45) is 2.66. The van der Waals surface area contributed by atoms with Crippen LogP contribution in [-0.2, 0) is 6.54 Å². The number of rotatable bonds is 3. The van der Waals surface area contributed by atoms with Crippen LogP contribution in [0.5, 0.6) is 0 Å². The predicted octanol–water partition coefficient (Wildman–Crippen LogP) is 4.03. The molecule has 0 amide bonds. The van der Waals surface area contributed by atoms with Crippen LogP contribution in [-0.4, -0.2) is 10.9 Å². The molecule has 4 heteroatoms. The van der Waals surface area contributed by atoms with Crippen LogP contribution in [0.2, 0.25) is 5.02 Å². The number of nitriles is 1. The van der Waals surface area contributed by atoms with Crippen LogP contribution >= 0.6 is 11.6 Å². The molecule has 0 aliphatic rings. The molecule has 1 heterocycles. The maximum Gasteiger partial charge on any atom is 0.152 e. The predicted molar refractivity (Wildman–Crippen MR) is 82.6 cm³/mol. The van der Waals surface area contributed by atoms with E-state index in [1.165, 1.54) is 0 Å². The van der Waals surface area contributed by atoms with Crippen LogP contribution in [0.25, 0.3) is 10.9 Å². The number of hydrogen-bond donors (Lipinski definition) is 0. The largest absolute Gasteiger partial charge is 0.342 e. The molecule has 0 unspecified atom stereocenters. The fourth-order valence-electron chi connectivity index (χ4n) is 2.45. The van der Waals surface area contributed by atoms with Crippen molar-refractivity contribution in [3.63, 3.8) is 0 Å². The normalized spacial score (nSPS) is 10.5. The molecule has 0 saturated carbocycles. The van der Waals surface area contributed by atoms with Crippen LogP contribution in [0.3, 0.4) is 0 Å². The number of halogens is 1. The minimum Gasteiger partial charge on any atom is -0.342 e. The van der Waals surface area contributed by atoms with Gasteiger partial charge in [-0.05, 0) is 29.8 Å². The third-order valence-corrected chi connectivity index (χ3v) is 3.65. The van der Waals surface area contributed by atoms with Crippen molar-refractivity contribution < 1.29 is 4.79 Å². The maximum absolute atomic E-state index is 11.2. The van der Waals surface area contributed by atoms with Gasteiger partial charge >= 0.3 is 0 Å². The summed E-state index contributed by atoms with van der Waals surface area (Å²) in [7, 11) is 0. The van der Waals surface area contributed by atoms with Crippen molar-refractivity contribution in [2.75, 3.05) is 0 Å².